The molecule has 16 bridgehead atoms. The van der Waals surface area contributed by atoms with Gasteiger partial charge in [-0.3, -0.25) is 0 Å². The van der Waals surface area contributed by atoms with Gasteiger partial charge in [-0.2, -0.15) is 0 Å². The van der Waals surface area contributed by atoms with E-state index in [4.69, 9.17) is 19.9 Å². The summed E-state index contributed by atoms with van der Waals surface area (Å²) in [7, 11) is 0. The molecule has 0 aliphatic carbocycles. The van der Waals surface area contributed by atoms with Crippen LogP contribution in [-0.2, 0) is 40.2 Å². The van der Waals surface area contributed by atoms with Gasteiger partial charge >= 0.3 is 21.1 Å². The molecule has 10 rings (SSSR count). The number of hydrogen-bond acceptors (Lipinski definition) is 12. The first-order valence-corrected chi connectivity index (χ1v) is 25.2. The van der Waals surface area contributed by atoms with E-state index in [2.05, 4.69) is 56.3 Å². The minimum atomic E-state index is -1.13. The normalized spacial score (nSPS) is 13.2. The average Bonchev–Trinajstić information content (AvgIpc) is 4.23. The maximum Gasteiger partial charge on any atom is 4.00 e. The zero-order valence-corrected chi connectivity index (χ0v) is 46.2. The third-order valence-corrected chi connectivity index (χ3v) is 14.5. The molecule has 0 fully saturated rings. The van der Waals surface area contributed by atoms with Crippen LogP contribution in [0.15, 0.2) is 72.8 Å². The maximum absolute atomic E-state index is 11.3. The van der Waals surface area contributed by atoms with Crippen molar-refractivity contribution in [3.8, 4) is 0 Å². The molecule has 4 aliphatic rings. The molecule has 0 saturated carbocycles. The van der Waals surface area contributed by atoms with Gasteiger partial charge in [0.05, 0.1) is 45.6 Å². The van der Waals surface area contributed by atoms with Crippen LogP contribution in [0.1, 0.15) is 147 Å². The molecule has 0 spiro atoms. The Morgan fingerprint density at radius 1 is 0.325 bits per heavy atom. The zero-order valence-electron chi connectivity index (χ0n) is 44.0. The Bertz CT molecular complexity index is 3700. The van der Waals surface area contributed by atoms with Crippen LogP contribution < -0.4 is 20.4 Å². The Morgan fingerprint density at radius 3 is 0.792 bits per heavy atom. The summed E-state index contributed by atoms with van der Waals surface area (Å²) in [6, 6.07) is 23.9. The monoisotopic (exact) mass is 1210 g/mol. The van der Waals surface area contributed by atoms with E-state index in [-0.39, 0.29) is 72.4 Å². The summed E-state index contributed by atoms with van der Waals surface area (Å²) in [6.45, 7) is 15.9. The number of H-pyrrole nitrogens is 4. The number of allylic oxidation sites excluding steroid dienone is 8. The topological polar surface area (TPSA) is 275 Å². The Morgan fingerprint density at radius 2 is 0.545 bits per heavy atom. The number of aryl methyl sites for hydroxylation is 4. The molecule has 6 aromatic rings. The summed E-state index contributed by atoms with van der Waals surface area (Å²) < 4.78 is 0. The van der Waals surface area contributed by atoms with Crippen molar-refractivity contribution in [3.63, 3.8) is 0 Å². The second kappa shape index (κ2) is 22.5. The van der Waals surface area contributed by atoms with Gasteiger partial charge in [0.15, 0.2) is 0 Å². The molecule has 16 nitrogen and oxygen atoms in total. The Kier molecular flexibility index (Phi) is 16.1. The Hall–Kier alpha value is -8.23. The molecule has 0 amide bonds. The van der Waals surface area contributed by atoms with E-state index in [1.807, 2.05) is 91.8 Å². The number of aliphatic carboxylic acids is 4. The Labute approximate surface area is 458 Å². The summed E-state index contributed by atoms with van der Waals surface area (Å²) in [5.74, 6) is -4.52. The van der Waals surface area contributed by atoms with Crippen LogP contribution in [0.2, 0.25) is 0 Å². The number of nitrogens with one attached hydrogen (secondary N) is 4. The van der Waals surface area contributed by atoms with E-state index in [9.17, 15) is 39.6 Å². The van der Waals surface area contributed by atoms with E-state index in [1.165, 1.54) is 0 Å². The molecule has 6 aromatic heterocycles. The van der Waals surface area contributed by atoms with Crippen molar-refractivity contribution in [2.45, 2.75) is 107 Å². The minimum Gasteiger partial charge on any atom is -0.550 e. The SMILES string of the molecule is CC1=C(CCC(=O)[O-])c2cc3nc(cc4[nH]c(cc4C)cc4[nH]c(cc1n2)cc4C)C(C)=C3CCC(=O)[O-].CC1=C(CCC(=O)[O-])c2cc3nc(cc4[nH]c(cc4C)cc4[nH]c(cc1n2)cc4C)C(C)=C3CCC(=O)[O-].[Pt+4]. The van der Waals surface area contributed by atoms with Crippen LogP contribution in [-0.4, -0.2) is 63.7 Å². The van der Waals surface area contributed by atoms with Gasteiger partial charge in [-0.15, -0.1) is 0 Å². The number of carbonyl (C=O) groups excluding carboxylic acids is 4. The van der Waals surface area contributed by atoms with Gasteiger partial charge in [0.2, 0.25) is 0 Å². The number of carboxylic acid groups (broad SMARTS) is 4. The van der Waals surface area contributed by atoms with Crippen molar-refractivity contribution in [3.05, 3.63) is 141 Å². The molecule has 17 heteroatoms. The molecule has 0 aromatic carbocycles. The van der Waals surface area contributed by atoms with E-state index in [1.54, 1.807) is 0 Å². The largest absolute Gasteiger partial charge is 4.00 e. The van der Waals surface area contributed by atoms with E-state index in [0.717, 1.165) is 134 Å². The van der Waals surface area contributed by atoms with Gasteiger partial charge in [0, 0.05) is 68.0 Å². The van der Waals surface area contributed by atoms with Crippen molar-refractivity contribution < 1.29 is 60.7 Å². The number of carboxylic acids is 4. The first-order chi connectivity index (χ1) is 36.2. The van der Waals surface area contributed by atoms with Crippen LogP contribution in [0, 0.1) is 27.7 Å². The molecule has 77 heavy (non-hydrogen) atoms. The Balaban J connectivity index is 0.000000201. The summed E-state index contributed by atoms with van der Waals surface area (Å²) in [4.78, 5) is 78.5. The third-order valence-electron chi connectivity index (χ3n) is 14.5. The summed E-state index contributed by atoms with van der Waals surface area (Å²) >= 11 is 0. The zero-order chi connectivity index (χ0) is 54.3. The quantitative estimate of drug-likeness (QED) is 0.0918. The average molecular weight is 1210 g/mol. The predicted molar refractivity (Wildman–Crippen MR) is 288 cm³/mol. The first kappa shape index (κ1) is 55.0. The van der Waals surface area contributed by atoms with Crippen molar-refractivity contribution in [1.29, 1.82) is 0 Å². The number of aromatic nitrogens is 8. The van der Waals surface area contributed by atoms with Gasteiger partial charge < -0.3 is 59.5 Å². The van der Waals surface area contributed by atoms with E-state index >= 15 is 0 Å². The second-order valence-corrected chi connectivity index (χ2v) is 19.9. The third kappa shape index (κ3) is 12.1. The van der Waals surface area contributed by atoms with Gasteiger partial charge in [0.25, 0.3) is 0 Å². The van der Waals surface area contributed by atoms with E-state index in [0.29, 0.717) is 22.8 Å². The molecule has 0 radical (unpaired) electrons. The summed E-state index contributed by atoms with van der Waals surface area (Å²) in [6.07, 6.45) is 0.526. The maximum atomic E-state index is 11.3. The van der Waals surface area contributed by atoms with E-state index < -0.39 is 23.9 Å². The number of aromatic amines is 4. The number of fused-ring (bicyclic) bond motifs is 16. The number of carbonyl (C=O) groups is 4. The molecule has 4 aliphatic heterocycles. The van der Waals surface area contributed by atoms with Gasteiger partial charge in [-0.05, 0) is 246 Å². The van der Waals surface area contributed by atoms with Crippen LogP contribution in [0.3, 0.4) is 0 Å². The second-order valence-electron chi connectivity index (χ2n) is 19.9. The van der Waals surface area contributed by atoms with Crippen LogP contribution in [0.4, 0.5) is 0 Å². The van der Waals surface area contributed by atoms with Crippen LogP contribution >= 0.6 is 0 Å². The van der Waals surface area contributed by atoms with Crippen LogP contribution in [0.25, 0.3) is 88.7 Å². The van der Waals surface area contributed by atoms with Crippen molar-refractivity contribution in [2.24, 2.45) is 0 Å². The number of rotatable bonds is 12. The number of hydrogen-bond donors (Lipinski definition) is 4. The minimum absolute atomic E-state index is 0. The fraction of sp³-hybridized carbons (Fsp3) is 0.267. The molecule has 0 saturated heterocycles. The molecule has 0 unspecified atom stereocenters. The molecular formula is C60H56N8O8Pt. The molecule has 394 valence electrons. The molecule has 0 atom stereocenters. The fourth-order valence-corrected chi connectivity index (χ4v) is 10.2. The number of nitrogens with zero attached hydrogens (tertiary/aromatic N) is 4. The molecule has 4 N–H and O–H groups in total. The predicted octanol–water partition coefficient (Wildman–Crippen LogP) is 7.70. The van der Waals surface area contributed by atoms with Gasteiger partial charge in [-0.1, -0.05) is 0 Å². The summed E-state index contributed by atoms with van der Waals surface area (Å²) in [5.41, 5.74) is 23.9. The molecular weight excluding hydrogens is 1160 g/mol. The van der Waals surface area contributed by atoms with Gasteiger partial charge in [0.1, 0.15) is 0 Å². The summed E-state index contributed by atoms with van der Waals surface area (Å²) in [5, 5.41) is 45.2. The van der Waals surface area contributed by atoms with Crippen molar-refractivity contribution >= 4 is 113 Å². The standard InChI is InChI=1S/2C30H30N4O4.Pt/c2*1-15-9-20-12-25-17(3)21(5-7-29(35)36)27(33-25)14-28-22(6-8-30(37)38)18(4)26(34-28)13-24-16(2)10-19(32-24)11-23(15)31-20;/h2*9-14,31-32H,5-8H2,1-4H3,(H,35,36)(H,37,38);/q;;+4/p-4. The van der Waals surface area contributed by atoms with Crippen LogP contribution in [0.5, 0.6) is 0 Å². The molecule has 10 heterocycles. The van der Waals surface area contributed by atoms with Crippen molar-refractivity contribution in [1.82, 2.24) is 39.9 Å². The smallest absolute Gasteiger partial charge is 0.550 e. The van der Waals surface area contributed by atoms with Crippen molar-refractivity contribution in [2.75, 3.05) is 0 Å². The van der Waals surface area contributed by atoms with Gasteiger partial charge in [-0.25, -0.2) is 19.9 Å². The first-order valence-electron chi connectivity index (χ1n) is 25.2. The fourth-order valence-electron chi connectivity index (χ4n) is 10.2.